The Labute approximate surface area is 139 Å². The van der Waals surface area contributed by atoms with E-state index < -0.39 is 0 Å². The standard InChI is InChI=1S/C18H15ClN2O2/c19-15-8-4-7-14(11-15)9-10-21-16(17(22)20-18(21)23)12-13-5-2-1-3-6-13/h1-8,11-12H,9-10H2,(H,20,22,23)/b16-12-. The molecule has 1 saturated heterocycles. The number of benzene rings is 2. The summed E-state index contributed by atoms with van der Waals surface area (Å²) in [6, 6.07) is 16.5. The molecule has 0 saturated carbocycles. The lowest BCUT2D eigenvalue weighted by Gasteiger charge is -2.15. The number of urea groups is 1. The summed E-state index contributed by atoms with van der Waals surface area (Å²) < 4.78 is 0. The summed E-state index contributed by atoms with van der Waals surface area (Å²) in [7, 11) is 0. The van der Waals surface area contributed by atoms with Gasteiger partial charge in [0.1, 0.15) is 5.70 Å². The van der Waals surface area contributed by atoms with Gasteiger partial charge in [0.25, 0.3) is 5.91 Å². The first-order valence-electron chi connectivity index (χ1n) is 7.27. The van der Waals surface area contributed by atoms with Gasteiger partial charge in [-0.05, 0) is 35.8 Å². The van der Waals surface area contributed by atoms with E-state index in [2.05, 4.69) is 5.32 Å². The molecule has 1 heterocycles. The Balaban J connectivity index is 1.79. The molecule has 2 aromatic rings. The predicted octanol–water partition coefficient (Wildman–Crippen LogP) is 3.48. The van der Waals surface area contributed by atoms with Crippen molar-refractivity contribution in [3.05, 3.63) is 76.4 Å². The smallest absolute Gasteiger partial charge is 0.289 e. The molecular weight excluding hydrogens is 312 g/mol. The molecule has 0 bridgehead atoms. The van der Waals surface area contributed by atoms with Crippen molar-refractivity contribution in [2.75, 3.05) is 6.54 Å². The van der Waals surface area contributed by atoms with Gasteiger partial charge in [0.15, 0.2) is 0 Å². The summed E-state index contributed by atoms with van der Waals surface area (Å²) in [5.74, 6) is -0.370. The summed E-state index contributed by atoms with van der Waals surface area (Å²) in [6.45, 7) is 0.413. The van der Waals surface area contributed by atoms with Crippen LogP contribution in [0.15, 0.2) is 60.3 Å². The van der Waals surface area contributed by atoms with Crippen LogP contribution in [-0.2, 0) is 11.2 Å². The molecule has 3 amide bonds. The molecule has 1 N–H and O–H groups in total. The van der Waals surface area contributed by atoms with Crippen LogP contribution in [0.5, 0.6) is 0 Å². The lowest BCUT2D eigenvalue weighted by atomic mass is 10.1. The average Bonchev–Trinajstić information content (AvgIpc) is 2.80. The first-order valence-corrected chi connectivity index (χ1v) is 7.65. The second-order valence-electron chi connectivity index (χ2n) is 5.23. The van der Waals surface area contributed by atoms with Gasteiger partial charge >= 0.3 is 6.03 Å². The van der Waals surface area contributed by atoms with E-state index in [1.165, 1.54) is 4.90 Å². The lowest BCUT2D eigenvalue weighted by molar-refractivity contribution is -0.116. The monoisotopic (exact) mass is 326 g/mol. The van der Waals surface area contributed by atoms with Crippen LogP contribution < -0.4 is 5.32 Å². The summed E-state index contributed by atoms with van der Waals surface area (Å²) >= 11 is 5.97. The molecule has 23 heavy (non-hydrogen) atoms. The van der Waals surface area contributed by atoms with E-state index in [-0.39, 0.29) is 11.9 Å². The molecule has 1 aliphatic rings. The van der Waals surface area contributed by atoms with Crippen LogP contribution in [0.3, 0.4) is 0 Å². The van der Waals surface area contributed by atoms with Gasteiger partial charge in [-0.1, -0.05) is 54.1 Å². The number of nitrogens with one attached hydrogen (secondary N) is 1. The average molecular weight is 327 g/mol. The van der Waals surface area contributed by atoms with Gasteiger partial charge in [0.05, 0.1) is 0 Å². The summed E-state index contributed by atoms with van der Waals surface area (Å²) in [4.78, 5) is 25.5. The van der Waals surface area contributed by atoms with E-state index >= 15 is 0 Å². The molecular formula is C18H15ClN2O2. The lowest BCUT2D eigenvalue weighted by Crippen LogP contribution is -2.29. The molecule has 0 aromatic heterocycles. The van der Waals surface area contributed by atoms with Gasteiger partial charge in [-0.3, -0.25) is 15.0 Å². The van der Waals surface area contributed by atoms with Crippen molar-refractivity contribution in [3.8, 4) is 0 Å². The minimum absolute atomic E-state index is 0.364. The maximum atomic E-state index is 12.0. The molecule has 0 unspecified atom stereocenters. The number of hydrogen-bond donors (Lipinski definition) is 1. The highest BCUT2D eigenvalue weighted by atomic mass is 35.5. The van der Waals surface area contributed by atoms with Gasteiger partial charge in [-0.15, -0.1) is 0 Å². The fourth-order valence-electron chi connectivity index (χ4n) is 2.47. The SMILES string of the molecule is O=C1NC(=O)N(CCc2cccc(Cl)c2)/C1=C\c1ccccc1. The topological polar surface area (TPSA) is 49.4 Å². The molecule has 5 heteroatoms. The first-order chi connectivity index (χ1) is 11.1. The van der Waals surface area contributed by atoms with Crippen molar-refractivity contribution in [2.24, 2.45) is 0 Å². The molecule has 1 fully saturated rings. The highest BCUT2D eigenvalue weighted by Gasteiger charge is 2.32. The van der Waals surface area contributed by atoms with Crippen molar-refractivity contribution < 1.29 is 9.59 Å². The van der Waals surface area contributed by atoms with Crippen LogP contribution in [0.2, 0.25) is 5.02 Å². The van der Waals surface area contributed by atoms with Gasteiger partial charge in [0, 0.05) is 11.6 Å². The zero-order valence-electron chi connectivity index (χ0n) is 12.3. The number of nitrogens with zero attached hydrogens (tertiary/aromatic N) is 1. The normalized spacial score (nSPS) is 16.0. The van der Waals surface area contributed by atoms with Crippen molar-refractivity contribution in [1.82, 2.24) is 10.2 Å². The van der Waals surface area contributed by atoms with E-state index in [4.69, 9.17) is 11.6 Å². The van der Waals surface area contributed by atoms with E-state index in [0.717, 1.165) is 11.1 Å². The van der Waals surface area contributed by atoms with Gasteiger partial charge < -0.3 is 0 Å². The van der Waals surface area contributed by atoms with Gasteiger partial charge in [-0.2, -0.15) is 0 Å². The van der Waals surface area contributed by atoms with Crippen LogP contribution in [-0.4, -0.2) is 23.4 Å². The van der Waals surface area contributed by atoms with Gasteiger partial charge in [0.2, 0.25) is 0 Å². The van der Waals surface area contributed by atoms with Crippen LogP contribution in [0.4, 0.5) is 4.79 Å². The molecule has 116 valence electrons. The van der Waals surface area contributed by atoms with E-state index in [9.17, 15) is 9.59 Å². The summed E-state index contributed by atoms with van der Waals surface area (Å²) in [6.07, 6.45) is 2.34. The van der Waals surface area contributed by atoms with Crippen molar-refractivity contribution >= 4 is 29.6 Å². The highest BCUT2D eigenvalue weighted by molar-refractivity contribution is 6.30. The summed E-state index contributed by atoms with van der Waals surface area (Å²) in [5, 5.41) is 3.00. The molecule has 1 aliphatic heterocycles. The number of imide groups is 1. The van der Waals surface area contributed by atoms with Crippen LogP contribution in [0, 0.1) is 0 Å². The number of hydrogen-bond acceptors (Lipinski definition) is 2. The fourth-order valence-corrected chi connectivity index (χ4v) is 2.68. The third kappa shape index (κ3) is 3.60. The Hall–Kier alpha value is -2.59. The van der Waals surface area contributed by atoms with Crippen LogP contribution in [0.25, 0.3) is 6.08 Å². The Bertz CT molecular complexity index is 772. The van der Waals surface area contributed by atoms with Gasteiger partial charge in [-0.25, -0.2) is 4.79 Å². The maximum Gasteiger partial charge on any atom is 0.329 e. The second-order valence-corrected chi connectivity index (χ2v) is 5.67. The van der Waals surface area contributed by atoms with Crippen molar-refractivity contribution in [2.45, 2.75) is 6.42 Å². The minimum Gasteiger partial charge on any atom is -0.289 e. The Morgan fingerprint density at radius 1 is 1.04 bits per heavy atom. The number of carbonyl (C=O) groups excluding carboxylic acids is 2. The van der Waals surface area contributed by atoms with E-state index in [1.807, 2.05) is 48.5 Å². The number of halogens is 1. The van der Waals surface area contributed by atoms with Crippen LogP contribution >= 0.6 is 11.6 Å². The number of rotatable bonds is 4. The summed E-state index contributed by atoms with van der Waals surface area (Å²) in [5.41, 5.74) is 2.26. The molecule has 3 rings (SSSR count). The number of amides is 3. The minimum atomic E-state index is -0.390. The fraction of sp³-hybridized carbons (Fsp3) is 0.111. The van der Waals surface area contributed by atoms with E-state index in [1.54, 1.807) is 12.1 Å². The molecule has 2 aromatic carbocycles. The molecule has 0 spiro atoms. The Morgan fingerprint density at radius 3 is 2.57 bits per heavy atom. The van der Waals surface area contributed by atoms with E-state index in [0.29, 0.717) is 23.7 Å². The molecule has 0 aliphatic carbocycles. The van der Waals surface area contributed by atoms with Crippen molar-refractivity contribution in [3.63, 3.8) is 0 Å². The predicted molar refractivity (Wildman–Crippen MR) is 89.8 cm³/mol. The largest absolute Gasteiger partial charge is 0.329 e. The Kier molecular flexibility index (Phi) is 4.44. The van der Waals surface area contributed by atoms with Crippen molar-refractivity contribution in [1.29, 1.82) is 0 Å². The highest BCUT2D eigenvalue weighted by Crippen LogP contribution is 2.18. The molecule has 0 radical (unpaired) electrons. The molecule has 4 nitrogen and oxygen atoms in total. The third-order valence-electron chi connectivity index (χ3n) is 3.61. The maximum absolute atomic E-state index is 12.0. The number of carbonyl (C=O) groups is 2. The zero-order valence-corrected chi connectivity index (χ0v) is 13.1. The molecule has 0 atom stereocenters. The van der Waals surface area contributed by atoms with Crippen LogP contribution in [0.1, 0.15) is 11.1 Å². The third-order valence-corrected chi connectivity index (χ3v) is 3.84. The first kappa shape index (κ1) is 15.3. The quantitative estimate of drug-likeness (QED) is 0.691. The zero-order chi connectivity index (χ0) is 16.2. The second kappa shape index (κ2) is 6.67. The Morgan fingerprint density at radius 2 is 1.83 bits per heavy atom.